The van der Waals surface area contributed by atoms with Crippen LogP contribution in [0.3, 0.4) is 0 Å². The van der Waals surface area contributed by atoms with E-state index < -0.39 is 6.10 Å². The molecule has 0 spiro atoms. The van der Waals surface area contributed by atoms with Crippen molar-refractivity contribution in [2.45, 2.75) is 38.7 Å². The molecular weight excluding hydrogens is 268 g/mol. The first-order valence-corrected chi connectivity index (χ1v) is 7.37. The maximum atomic E-state index is 9.91. The van der Waals surface area contributed by atoms with Crippen LogP contribution in [0.5, 0.6) is 5.75 Å². The molecule has 0 saturated carbocycles. The summed E-state index contributed by atoms with van der Waals surface area (Å²) < 4.78 is 10.9. The normalized spacial score (nSPS) is 19.1. The number of aromatic nitrogens is 2. The molecule has 2 unspecified atom stereocenters. The number of rotatable bonds is 4. The molecule has 2 atom stereocenters. The molecule has 5 nitrogen and oxygen atoms in total. The lowest BCUT2D eigenvalue weighted by Gasteiger charge is -2.23. The highest BCUT2D eigenvalue weighted by molar-refractivity contribution is 5.40. The van der Waals surface area contributed by atoms with E-state index in [0.29, 0.717) is 24.7 Å². The van der Waals surface area contributed by atoms with E-state index in [2.05, 4.69) is 10.1 Å². The van der Waals surface area contributed by atoms with Crippen molar-refractivity contribution in [3.63, 3.8) is 0 Å². The molecule has 0 saturated heterocycles. The molecule has 3 rings (SSSR count). The van der Waals surface area contributed by atoms with Gasteiger partial charge in [-0.05, 0) is 18.4 Å². The average Bonchev–Trinajstić information content (AvgIpc) is 2.95. The first-order chi connectivity index (χ1) is 10.1. The van der Waals surface area contributed by atoms with Gasteiger partial charge in [-0.25, -0.2) is 0 Å². The SMILES string of the molecule is CC(C)C(O)Cc1nc(C2CCOc3ccccc32)no1. The van der Waals surface area contributed by atoms with Gasteiger partial charge in [-0.2, -0.15) is 4.98 Å². The van der Waals surface area contributed by atoms with Crippen molar-refractivity contribution in [2.24, 2.45) is 5.92 Å². The van der Waals surface area contributed by atoms with Crippen LogP contribution in [0.15, 0.2) is 28.8 Å². The van der Waals surface area contributed by atoms with E-state index in [1.165, 1.54) is 0 Å². The Kier molecular flexibility index (Phi) is 3.92. The van der Waals surface area contributed by atoms with Crippen LogP contribution in [0.4, 0.5) is 0 Å². The molecule has 0 bridgehead atoms. The summed E-state index contributed by atoms with van der Waals surface area (Å²) in [5.74, 6) is 2.34. The van der Waals surface area contributed by atoms with Gasteiger partial charge in [0.15, 0.2) is 5.82 Å². The third-order valence-corrected chi connectivity index (χ3v) is 3.91. The first kappa shape index (κ1) is 14.1. The number of aliphatic hydroxyl groups excluding tert-OH is 1. The molecule has 1 aliphatic heterocycles. The fourth-order valence-electron chi connectivity index (χ4n) is 2.52. The van der Waals surface area contributed by atoms with Gasteiger partial charge in [0.1, 0.15) is 5.75 Å². The molecule has 1 aromatic carbocycles. The Labute approximate surface area is 123 Å². The molecule has 1 aliphatic rings. The van der Waals surface area contributed by atoms with Crippen molar-refractivity contribution >= 4 is 0 Å². The minimum atomic E-state index is -0.458. The van der Waals surface area contributed by atoms with Crippen molar-refractivity contribution in [3.05, 3.63) is 41.5 Å². The lowest BCUT2D eigenvalue weighted by molar-refractivity contribution is 0.116. The van der Waals surface area contributed by atoms with Crippen molar-refractivity contribution in [3.8, 4) is 5.75 Å². The van der Waals surface area contributed by atoms with E-state index in [0.717, 1.165) is 17.7 Å². The fraction of sp³-hybridized carbons (Fsp3) is 0.500. The summed E-state index contributed by atoms with van der Waals surface area (Å²) in [6.07, 6.45) is 0.776. The van der Waals surface area contributed by atoms with E-state index >= 15 is 0 Å². The average molecular weight is 288 g/mol. The molecule has 0 amide bonds. The summed E-state index contributed by atoms with van der Waals surface area (Å²) in [6, 6.07) is 7.95. The molecule has 1 aromatic heterocycles. The molecule has 0 fully saturated rings. The zero-order chi connectivity index (χ0) is 14.8. The Bertz CT molecular complexity index is 609. The maximum absolute atomic E-state index is 9.91. The van der Waals surface area contributed by atoms with Crippen LogP contribution in [0.1, 0.15) is 43.5 Å². The highest BCUT2D eigenvalue weighted by atomic mass is 16.5. The molecule has 1 N–H and O–H groups in total. The van der Waals surface area contributed by atoms with Gasteiger partial charge in [0.05, 0.1) is 25.0 Å². The summed E-state index contributed by atoms with van der Waals surface area (Å²) in [5.41, 5.74) is 1.10. The number of fused-ring (bicyclic) bond motifs is 1. The smallest absolute Gasteiger partial charge is 0.229 e. The van der Waals surface area contributed by atoms with Gasteiger partial charge in [-0.15, -0.1) is 0 Å². The number of para-hydroxylation sites is 1. The molecule has 2 heterocycles. The summed E-state index contributed by atoms with van der Waals surface area (Å²) in [7, 11) is 0. The lowest BCUT2D eigenvalue weighted by atomic mass is 9.92. The summed E-state index contributed by atoms with van der Waals surface area (Å²) in [4.78, 5) is 4.46. The topological polar surface area (TPSA) is 68.4 Å². The van der Waals surface area contributed by atoms with E-state index in [4.69, 9.17) is 9.26 Å². The molecule has 112 valence electrons. The van der Waals surface area contributed by atoms with Crippen LogP contribution in [-0.4, -0.2) is 28.0 Å². The number of hydrogen-bond donors (Lipinski definition) is 1. The third kappa shape index (κ3) is 2.93. The molecule has 0 radical (unpaired) electrons. The summed E-state index contributed by atoms with van der Waals surface area (Å²) >= 11 is 0. The van der Waals surface area contributed by atoms with E-state index in [-0.39, 0.29) is 11.8 Å². The van der Waals surface area contributed by atoms with Crippen LogP contribution in [0, 0.1) is 5.92 Å². The summed E-state index contributed by atoms with van der Waals surface area (Å²) in [6.45, 7) is 4.59. The van der Waals surface area contributed by atoms with E-state index in [9.17, 15) is 5.11 Å². The van der Waals surface area contributed by atoms with Crippen molar-refractivity contribution in [1.29, 1.82) is 0 Å². The number of benzene rings is 1. The van der Waals surface area contributed by atoms with Gasteiger partial charge >= 0.3 is 0 Å². The van der Waals surface area contributed by atoms with Gasteiger partial charge in [0.25, 0.3) is 0 Å². The highest BCUT2D eigenvalue weighted by Crippen LogP contribution is 2.36. The van der Waals surface area contributed by atoms with Crippen LogP contribution < -0.4 is 4.74 Å². The third-order valence-electron chi connectivity index (χ3n) is 3.91. The van der Waals surface area contributed by atoms with Crippen LogP contribution in [0.2, 0.25) is 0 Å². The van der Waals surface area contributed by atoms with Gasteiger partial charge < -0.3 is 14.4 Å². The maximum Gasteiger partial charge on any atom is 0.229 e. The number of nitrogens with zero attached hydrogens (tertiary/aromatic N) is 2. The summed E-state index contributed by atoms with van der Waals surface area (Å²) in [5, 5.41) is 14.0. The quantitative estimate of drug-likeness (QED) is 0.936. The minimum Gasteiger partial charge on any atom is -0.493 e. The number of ether oxygens (including phenoxy) is 1. The van der Waals surface area contributed by atoms with Crippen LogP contribution in [-0.2, 0) is 6.42 Å². The number of hydrogen-bond acceptors (Lipinski definition) is 5. The fourth-order valence-corrected chi connectivity index (χ4v) is 2.52. The second-order valence-corrected chi connectivity index (χ2v) is 5.79. The second kappa shape index (κ2) is 5.85. The monoisotopic (exact) mass is 288 g/mol. The zero-order valence-electron chi connectivity index (χ0n) is 12.3. The zero-order valence-corrected chi connectivity index (χ0v) is 12.3. The van der Waals surface area contributed by atoms with Gasteiger partial charge in [-0.3, -0.25) is 0 Å². The standard InChI is InChI=1S/C16H20N2O3/c1-10(2)13(19)9-15-17-16(18-21-15)12-7-8-20-14-6-4-3-5-11(12)14/h3-6,10,12-13,19H,7-9H2,1-2H3. The Balaban J connectivity index is 1.81. The van der Waals surface area contributed by atoms with Gasteiger partial charge in [-0.1, -0.05) is 37.2 Å². The molecule has 21 heavy (non-hydrogen) atoms. The minimum absolute atomic E-state index is 0.101. The Morgan fingerprint density at radius 2 is 2.14 bits per heavy atom. The predicted octanol–water partition coefficient (Wildman–Crippen LogP) is 2.54. The second-order valence-electron chi connectivity index (χ2n) is 5.79. The Morgan fingerprint density at radius 3 is 2.95 bits per heavy atom. The number of aliphatic hydroxyl groups is 1. The van der Waals surface area contributed by atoms with Crippen molar-refractivity contribution in [2.75, 3.05) is 6.61 Å². The van der Waals surface area contributed by atoms with Gasteiger partial charge in [0, 0.05) is 5.56 Å². The van der Waals surface area contributed by atoms with E-state index in [1.54, 1.807) is 0 Å². The first-order valence-electron chi connectivity index (χ1n) is 7.37. The predicted molar refractivity (Wildman–Crippen MR) is 77.2 cm³/mol. The molecule has 2 aromatic rings. The highest BCUT2D eigenvalue weighted by Gasteiger charge is 2.27. The van der Waals surface area contributed by atoms with Crippen molar-refractivity contribution < 1.29 is 14.4 Å². The Hall–Kier alpha value is -1.88. The lowest BCUT2D eigenvalue weighted by Crippen LogP contribution is -2.18. The van der Waals surface area contributed by atoms with Crippen molar-refractivity contribution in [1.82, 2.24) is 10.1 Å². The van der Waals surface area contributed by atoms with E-state index in [1.807, 2.05) is 38.1 Å². The Morgan fingerprint density at radius 1 is 1.33 bits per heavy atom. The van der Waals surface area contributed by atoms with Gasteiger partial charge in [0.2, 0.25) is 5.89 Å². The largest absolute Gasteiger partial charge is 0.493 e. The van der Waals surface area contributed by atoms with Crippen LogP contribution >= 0.6 is 0 Å². The molecular formula is C16H20N2O3. The molecule has 0 aliphatic carbocycles. The molecule has 5 heteroatoms. The van der Waals surface area contributed by atoms with Crippen LogP contribution in [0.25, 0.3) is 0 Å².